The van der Waals surface area contributed by atoms with Gasteiger partial charge in [0.2, 0.25) is 11.8 Å². The molecule has 3 aliphatic heterocycles. The Labute approximate surface area is 217 Å². The Kier molecular flexibility index (Phi) is 7.79. The van der Waals surface area contributed by atoms with Crippen molar-refractivity contribution in [3.8, 4) is 0 Å². The van der Waals surface area contributed by atoms with Crippen LogP contribution in [0.3, 0.4) is 0 Å². The molecule has 0 radical (unpaired) electrons. The highest BCUT2D eigenvalue weighted by Gasteiger charge is 2.35. The largest absolute Gasteiger partial charge is 0.383 e. The second-order valence-electron chi connectivity index (χ2n) is 10.3. The molecule has 3 aliphatic rings. The minimum absolute atomic E-state index is 0.0339. The van der Waals surface area contributed by atoms with Crippen LogP contribution in [-0.4, -0.2) is 77.6 Å². The number of hydrogen-bond acceptors (Lipinski definition) is 5. The lowest BCUT2D eigenvalue weighted by Gasteiger charge is -2.34. The molecule has 4 heterocycles. The van der Waals surface area contributed by atoms with E-state index >= 15 is 0 Å². The molecule has 2 saturated heterocycles. The van der Waals surface area contributed by atoms with Crippen molar-refractivity contribution >= 4 is 23.7 Å². The van der Waals surface area contributed by atoms with Gasteiger partial charge in [-0.1, -0.05) is 36.4 Å². The average Bonchev–Trinajstić information content (AvgIpc) is 3.19. The fourth-order valence-electron chi connectivity index (χ4n) is 5.99. The van der Waals surface area contributed by atoms with Crippen molar-refractivity contribution in [2.45, 2.75) is 44.1 Å². The molecular weight excluding hydrogens is 470 g/mol. The first-order chi connectivity index (χ1) is 18.0. The highest BCUT2D eigenvalue weighted by molar-refractivity contribution is 5.86. The Morgan fingerprint density at radius 2 is 1.86 bits per heavy atom. The zero-order valence-electron chi connectivity index (χ0n) is 21.5. The highest BCUT2D eigenvalue weighted by Crippen LogP contribution is 2.32. The van der Waals surface area contributed by atoms with Gasteiger partial charge in [-0.3, -0.25) is 19.1 Å². The smallest absolute Gasteiger partial charge is 0.327 e. The number of carbonyl (C=O) groups excluding carboxylic acids is 2. The van der Waals surface area contributed by atoms with Crippen LogP contribution in [0.25, 0.3) is 6.08 Å². The zero-order chi connectivity index (χ0) is 25.8. The Hall–Kier alpha value is -3.33. The lowest BCUT2D eigenvalue weighted by atomic mass is 9.90. The van der Waals surface area contributed by atoms with Crippen molar-refractivity contribution in [1.29, 1.82) is 0 Å². The first-order valence-electron chi connectivity index (χ1n) is 13.4. The van der Waals surface area contributed by atoms with Gasteiger partial charge in [0, 0.05) is 64.1 Å². The molecule has 5 rings (SSSR count). The van der Waals surface area contributed by atoms with E-state index in [-0.39, 0.29) is 41.8 Å². The normalized spacial score (nSPS) is 22.5. The predicted molar refractivity (Wildman–Crippen MR) is 142 cm³/mol. The molecule has 0 spiro atoms. The Bertz CT molecular complexity index is 1180. The molecule has 2 amide bonds. The molecule has 37 heavy (non-hydrogen) atoms. The number of carbonyl (C=O) groups is 2. The van der Waals surface area contributed by atoms with Crippen molar-refractivity contribution in [3.05, 3.63) is 58.1 Å². The van der Waals surface area contributed by atoms with Gasteiger partial charge in [0.15, 0.2) is 0 Å². The second kappa shape index (κ2) is 11.4. The number of fused-ring (bicyclic) bond motifs is 1. The molecule has 0 unspecified atom stereocenters. The van der Waals surface area contributed by atoms with Crippen LogP contribution in [-0.2, 0) is 14.3 Å². The van der Waals surface area contributed by atoms with Crippen LogP contribution in [0.15, 0.2) is 41.2 Å². The molecule has 0 bridgehead atoms. The first-order valence-corrected chi connectivity index (χ1v) is 13.4. The summed E-state index contributed by atoms with van der Waals surface area (Å²) in [5, 5.41) is 3.20. The van der Waals surface area contributed by atoms with Gasteiger partial charge in [-0.25, -0.2) is 4.79 Å². The van der Waals surface area contributed by atoms with E-state index in [4.69, 9.17) is 4.74 Å². The predicted octanol–water partition coefficient (Wildman–Crippen LogP) is 2.84. The number of nitrogens with one attached hydrogen (secondary N) is 2. The fraction of sp³-hybridized carbons (Fsp3) is 0.536. The number of aromatic amines is 1. The summed E-state index contributed by atoms with van der Waals surface area (Å²) in [6, 6.07) is 10.4. The second-order valence-corrected chi connectivity index (χ2v) is 10.3. The minimum Gasteiger partial charge on any atom is -0.383 e. The third kappa shape index (κ3) is 5.51. The number of H-pyrrole nitrogens is 1. The topological polar surface area (TPSA) is 99.7 Å². The van der Waals surface area contributed by atoms with Crippen LogP contribution in [0.1, 0.15) is 55.3 Å². The molecule has 2 aromatic rings. The number of amides is 2. The Morgan fingerprint density at radius 3 is 2.62 bits per heavy atom. The van der Waals surface area contributed by atoms with E-state index < -0.39 is 0 Å². The number of methoxy groups -OCH3 is 1. The van der Waals surface area contributed by atoms with E-state index in [1.807, 2.05) is 44.7 Å². The van der Waals surface area contributed by atoms with Gasteiger partial charge in [0.25, 0.3) is 0 Å². The molecule has 0 saturated carbocycles. The lowest BCUT2D eigenvalue weighted by Crippen LogP contribution is -2.43. The van der Waals surface area contributed by atoms with Crippen LogP contribution in [0.5, 0.6) is 0 Å². The Balaban J connectivity index is 1.22. The van der Waals surface area contributed by atoms with Crippen molar-refractivity contribution in [3.63, 3.8) is 0 Å². The Morgan fingerprint density at radius 1 is 1.08 bits per heavy atom. The molecule has 9 nitrogen and oxygen atoms in total. The van der Waals surface area contributed by atoms with E-state index in [9.17, 15) is 14.4 Å². The van der Waals surface area contributed by atoms with Crippen molar-refractivity contribution in [2.75, 3.05) is 51.8 Å². The van der Waals surface area contributed by atoms with Gasteiger partial charge in [0.05, 0.1) is 12.3 Å². The van der Waals surface area contributed by atoms with Crippen molar-refractivity contribution in [2.24, 2.45) is 5.92 Å². The maximum atomic E-state index is 13.5. The van der Waals surface area contributed by atoms with Gasteiger partial charge in [-0.2, -0.15) is 0 Å². The van der Waals surface area contributed by atoms with Crippen LogP contribution in [0, 0.1) is 5.92 Å². The van der Waals surface area contributed by atoms with Crippen LogP contribution >= 0.6 is 0 Å². The summed E-state index contributed by atoms with van der Waals surface area (Å²) in [6.07, 6.45) is 7.25. The van der Waals surface area contributed by atoms with Gasteiger partial charge < -0.3 is 19.9 Å². The average molecular weight is 508 g/mol. The van der Waals surface area contributed by atoms with Gasteiger partial charge in [0.1, 0.15) is 5.82 Å². The SMILES string of the molecule is COCCN1C[C@H](c2ccccc2)CC[C@@H](CC(=O)N2CCC(n3c4c([nH]c3=O)NCC=C4)CC2)C1=O. The number of ether oxygens (including phenoxy) is 1. The quantitative estimate of drug-likeness (QED) is 0.601. The summed E-state index contributed by atoms with van der Waals surface area (Å²) in [5.74, 6) is 0.804. The number of nitrogens with zero attached hydrogens (tertiary/aromatic N) is 3. The number of hydrogen-bond donors (Lipinski definition) is 2. The number of imidazole rings is 1. The van der Waals surface area contributed by atoms with E-state index in [0.29, 0.717) is 45.8 Å². The maximum absolute atomic E-state index is 13.5. The van der Waals surface area contributed by atoms with Crippen LogP contribution in [0.2, 0.25) is 0 Å². The number of rotatable bonds is 7. The molecule has 0 aliphatic carbocycles. The fourth-order valence-corrected chi connectivity index (χ4v) is 5.99. The molecule has 2 fully saturated rings. The minimum atomic E-state index is -0.314. The lowest BCUT2D eigenvalue weighted by molar-refractivity contribution is -0.142. The molecule has 1 aromatic heterocycles. The summed E-state index contributed by atoms with van der Waals surface area (Å²) in [5.41, 5.74) is 2.01. The van der Waals surface area contributed by atoms with E-state index in [0.717, 1.165) is 30.8 Å². The highest BCUT2D eigenvalue weighted by atomic mass is 16.5. The number of benzene rings is 1. The number of likely N-dealkylation sites (tertiary alicyclic amines) is 2. The monoisotopic (exact) mass is 507 g/mol. The first kappa shape index (κ1) is 25.3. The number of piperidine rings is 1. The molecule has 2 N–H and O–H groups in total. The molecule has 198 valence electrons. The maximum Gasteiger partial charge on any atom is 0.327 e. The van der Waals surface area contributed by atoms with Crippen LogP contribution in [0.4, 0.5) is 5.82 Å². The summed E-state index contributed by atoms with van der Waals surface area (Å²) in [6.45, 7) is 3.56. The standard InChI is InChI=1S/C28H37N5O4/c1-37-17-16-32-19-22(20-6-3-2-4-7-20)10-9-21(27(32)35)18-25(34)31-14-11-23(12-15-31)33-24-8-5-13-29-26(24)30-28(33)36/h2-8,21-23,29H,9-19H2,1H3,(H,30,36)/t21-,22+/m0/s1. The zero-order valence-corrected chi connectivity index (χ0v) is 21.5. The van der Waals surface area contributed by atoms with Gasteiger partial charge in [-0.15, -0.1) is 0 Å². The summed E-state index contributed by atoms with van der Waals surface area (Å²) >= 11 is 0. The number of anilines is 1. The van der Waals surface area contributed by atoms with Crippen molar-refractivity contribution in [1.82, 2.24) is 19.4 Å². The van der Waals surface area contributed by atoms with Crippen LogP contribution < -0.4 is 11.0 Å². The van der Waals surface area contributed by atoms with Crippen molar-refractivity contribution < 1.29 is 14.3 Å². The summed E-state index contributed by atoms with van der Waals surface area (Å²) < 4.78 is 7.09. The molecule has 1 aromatic carbocycles. The van der Waals surface area contributed by atoms with Gasteiger partial charge >= 0.3 is 5.69 Å². The molecule has 2 atom stereocenters. The van der Waals surface area contributed by atoms with E-state index in [1.54, 1.807) is 7.11 Å². The van der Waals surface area contributed by atoms with E-state index in [1.165, 1.54) is 5.56 Å². The third-order valence-corrected chi connectivity index (χ3v) is 8.04. The summed E-state index contributed by atoms with van der Waals surface area (Å²) in [7, 11) is 1.64. The van der Waals surface area contributed by atoms with Gasteiger partial charge in [-0.05, 0) is 37.3 Å². The molecular formula is C28H37N5O4. The molecule has 9 heteroatoms. The third-order valence-electron chi connectivity index (χ3n) is 8.04. The summed E-state index contributed by atoms with van der Waals surface area (Å²) in [4.78, 5) is 46.1. The van der Waals surface area contributed by atoms with E-state index in [2.05, 4.69) is 22.4 Å². The number of aromatic nitrogens is 2.